The van der Waals surface area contributed by atoms with Gasteiger partial charge in [-0.1, -0.05) is 199 Å². The maximum Gasteiger partial charge on any atom is 0.472 e. The molecule has 0 radical (unpaired) electrons. The number of hydrogen-bond donors (Lipinski definition) is 3. The average Bonchev–Trinajstić information content (AvgIpc) is 3.15. The van der Waals surface area contributed by atoms with Crippen molar-refractivity contribution >= 4 is 13.7 Å². The number of carbonyl (C=O) groups excluding carboxylic acids is 1. The number of phosphoric acid groups is 1. The van der Waals surface area contributed by atoms with Crippen LogP contribution in [-0.4, -0.2) is 73.4 Å². The van der Waals surface area contributed by atoms with Crippen molar-refractivity contribution in [3.05, 3.63) is 12.2 Å². The Morgan fingerprint density at radius 1 is 0.589 bits per heavy atom. The Kier molecular flexibility index (Phi) is 39.1. The van der Waals surface area contributed by atoms with Crippen LogP contribution in [0, 0.1) is 0 Å². The smallest absolute Gasteiger partial charge is 0.391 e. The number of aliphatic hydroxyl groups is 1. The fraction of sp³-hybridized carbons (Fsp3) is 0.936. The van der Waals surface area contributed by atoms with Crippen LogP contribution in [0.15, 0.2) is 12.2 Å². The fourth-order valence-corrected chi connectivity index (χ4v) is 7.89. The minimum absolute atomic E-state index is 0.0722. The van der Waals surface area contributed by atoms with Crippen molar-refractivity contribution in [3.63, 3.8) is 0 Å². The SMILES string of the molecule is CCCCCCCC/C=C/CCCC[C@@H](O)[C@H](COP(=O)(O)OCC[N+](C)(C)C)NC(=O)CCCCCCCCCCCCCCCCCCCCCCCC. The number of nitrogens with one attached hydrogen (secondary N) is 1. The van der Waals surface area contributed by atoms with Crippen LogP contribution in [0.2, 0.25) is 0 Å². The molecule has 0 aliphatic carbocycles. The summed E-state index contributed by atoms with van der Waals surface area (Å²) >= 11 is 0. The van der Waals surface area contributed by atoms with E-state index in [9.17, 15) is 19.4 Å². The van der Waals surface area contributed by atoms with Crippen LogP contribution >= 0.6 is 7.82 Å². The summed E-state index contributed by atoms with van der Waals surface area (Å²) in [6.07, 6.45) is 45.4. The van der Waals surface area contributed by atoms with Gasteiger partial charge in [0.15, 0.2) is 0 Å². The first-order valence-corrected chi connectivity index (χ1v) is 25.5. The monoisotopic (exact) mass is 816 g/mol. The van der Waals surface area contributed by atoms with Gasteiger partial charge in [-0.15, -0.1) is 0 Å². The molecule has 9 heteroatoms. The highest BCUT2D eigenvalue weighted by molar-refractivity contribution is 7.47. The first-order chi connectivity index (χ1) is 27.0. The Balaban J connectivity index is 4.21. The van der Waals surface area contributed by atoms with Crippen molar-refractivity contribution in [2.24, 2.45) is 0 Å². The van der Waals surface area contributed by atoms with Gasteiger partial charge in [0.25, 0.3) is 0 Å². The van der Waals surface area contributed by atoms with Crippen LogP contribution in [0.1, 0.15) is 232 Å². The largest absolute Gasteiger partial charge is 0.472 e. The van der Waals surface area contributed by atoms with Crippen LogP contribution in [0.5, 0.6) is 0 Å². The molecule has 334 valence electrons. The summed E-state index contributed by atoms with van der Waals surface area (Å²) in [4.78, 5) is 23.2. The summed E-state index contributed by atoms with van der Waals surface area (Å²) in [7, 11) is 1.61. The minimum atomic E-state index is -4.32. The van der Waals surface area contributed by atoms with Gasteiger partial charge in [0, 0.05) is 6.42 Å². The molecule has 0 aliphatic heterocycles. The molecule has 0 bridgehead atoms. The Labute approximate surface area is 348 Å². The molecular formula is C47H96N2O6P+. The van der Waals surface area contributed by atoms with Crippen LogP contribution in [0.25, 0.3) is 0 Å². The van der Waals surface area contributed by atoms with Gasteiger partial charge in [-0.2, -0.15) is 0 Å². The molecule has 0 heterocycles. The van der Waals surface area contributed by atoms with Crippen molar-refractivity contribution in [1.82, 2.24) is 5.32 Å². The van der Waals surface area contributed by atoms with Crippen LogP contribution in [0.4, 0.5) is 0 Å². The van der Waals surface area contributed by atoms with Gasteiger partial charge in [-0.3, -0.25) is 13.8 Å². The first kappa shape index (κ1) is 55.2. The molecular weight excluding hydrogens is 719 g/mol. The summed E-state index contributed by atoms with van der Waals surface area (Å²) in [5.41, 5.74) is 0. The van der Waals surface area contributed by atoms with E-state index in [1.54, 1.807) is 0 Å². The zero-order chi connectivity index (χ0) is 41.4. The Morgan fingerprint density at radius 2 is 0.964 bits per heavy atom. The second-order valence-electron chi connectivity index (χ2n) is 17.8. The number of nitrogens with zero attached hydrogens (tertiary/aromatic N) is 1. The molecule has 0 saturated carbocycles. The Bertz CT molecular complexity index is 927. The van der Waals surface area contributed by atoms with E-state index in [-0.39, 0.29) is 19.1 Å². The topological polar surface area (TPSA) is 105 Å². The van der Waals surface area contributed by atoms with Crippen molar-refractivity contribution < 1.29 is 32.9 Å². The van der Waals surface area contributed by atoms with E-state index < -0.39 is 20.0 Å². The molecule has 56 heavy (non-hydrogen) atoms. The molecule has 0 aromatic carbocycles. The molecule has 0 spiro atoms. The van der Waals surface area contributed by atoms with Gasteiger partial charge in [0.05, 0.1) is 39.9 Å². The van der Waals surface area contributed by atoms with Crippen molar-refractivity contribution in [3.8, 4) is 0 Å². The van der Waals surface area contributed by atoms with E-state index in [4.69, 9.17) is 9.05 Å². The number of likely N-dealkylation sites (N-methyl/N-ethyl adjacent to an activating group) is 1. The van der Waals surface area contributed by atoms with Gasteiger partial charge in [-0.25, -0.2) is 4.57 Å². The number of amides is 1. The van der Waals surface area contributed by atoms with Crippen molar-refractivity contribution in [1.29, 1.82) is 0 Å². The maximum absolute atomic E-state index is 12.9. The highest BCUT2D eigenvalue weighted by Gasteiger charge is 2.28. The number of unbranched alkanes of at least 4 members (excludes halogenated alkanes) is 29. The Hall–Kier alpha value is -0.760. The molecule has 3 atom stereocenters. The number of phosphoric ester groups is 1. The van der Waals surface area contributed by atoms with Crippen molar-refractivity contribution in [2.45, 2.75) is 244 Å². The lowest BCUT2D eigenvalue weighted by Gasteiger charge is -2.26. The number of allylic oxidation sites excluding steroid dienone is 2. The zero-order valence-corrected chi connectivity index (χ0v) is 38.8. The molecule has 0 rings (SSSR count). The molecule has 0 aromatic heterocycles. The molecule has 1 amide bonds. The van der Waals surface area contributed by atoms with Crippen LogP contribution in [-0.2, 0) is 18.4 Å². The third-order valence-corrected chi connectivity index (χ3v) is 12.0. The minimum Gasteiger partial charge on any atom is -0.391 e. The number of hydrogen-bond acceptors (Lipinski definition) is 5. The predicted octanol–water partition coefficient (Wildman–Crippen LogP) is 13.5. The quantitative estimate of drug-likeness (QED) is 0.0245. The lowest BCUT2D eigenvalue weighted by Crippen LogP contribution is -2.46. The fourth-order valence-electron chi connectivity index (χ4n) is 7.16. The number of rotatable bonds is 44. The summed E-state index contributed by atoms with van der Waals surface area (Å²) in [5, 5.41) is 13.9. The molecule has 3 N–H and O–H groups in total. The third kappa shape index (κ3) is 41.4. The standard InChI is InChI=1S/C47H95N2O6P/c1-6-8-10-12-14-16-18-20-21-22-23-24-25-26-27-28-29-31-33-35-37-39-41-47(51)48-45(44-55-56(52,53)54-43-42-49(3,4)5)46(50)40-38-36-34-32-30-19-17-15-13-11-9-7-2/h30,32,45-46,50H,6-29,31,33-44H2,1-5H3,(H-,48,51,52,53)/p+1/b32-30+/t45-,46+/m0/s1. The van der Waals surface area contributed by atoms with Gasteiger partial charge in [-0.05, 0) is 38.5 Å². The second-order valence-corrected chi connectivity index (χ2v) is 19.3. The van der Waals surface area contributed by atoms with Crippen molar-refractivity contribution in [2.75, 3.05) is 40.9 Å². The van der Waals surface area contributed by atoms with Gasteiger partial charge < -0.3 is 19.8 Å². The van der Waals surface area contributed by atoms with E-state index in [0.29, 0.717) is 23.9 Å². The molecule has 0 saturated heterocycles. The van der Waals surface area contributed by atoms with Gasteiger partial charge in [0.2, 0.25) is 5.91 Å². The Morgan fingerprint density at radius 3 is 1.38 bits per heavy atom. The molecule has 0 fully saturated rings. The van der Waals surface area contributed by atoms with E-state index >= 15 is 0 Å². The summed E-state index contributed by atoms with van der Waals surface area (Å²) in [6.45, 7) is 4.87. The van der Waals surface area contributed by atoms with Gasteiger partial charge in [0.1, 0.15) is 13.2 Å². The normalized spacial score (nSPS) is 14.3. The van der Waals surface area contributed by atoms with E-state index in [1.165, 1.54) is 161 Å². The van der Waals surface area contributed by atoms with E-state index in [0.717, 1.165) is 44.9 Å². The highest BCUT2D eigenvalue weighted by atomic mass is 31.2. The molecule has 0 aliphatic rings. The predicted molar refractivity (Wildman–Crippen MR) is 240 cm³/mol. The second kappa shape index (κ2) is 39.7. The number of carbonyl (C=O) groups is 1. The van der Waals surface area contributed by atoms with Crippen LogP contribution < -0.4 is 5.32 Å². The maximum atomic E-state index is 12.9. The third-order valence-electron chi connectivity index (χ3n) is 11.0. The zero-order valence-electron chi connectivity index (χ0n) is 37.9. The average molecular weight is 816 g/mol. The van der Waals surface area contributed by atoms with E-state index in [1.807, 2.05) is 21.1 Å². The van der Waals surface area contributed by atoms with Crippen LogP contribution in [0.3, 0.4) is 0 Å². The molecule has 1 unspecified atom stereocenters. The summed E-state index contributed by atoms with van der Waals surface area (Å²) in [6, 6.07) is -0.770. The number of aliphatic hydroxyl groups excluding tert-OH is 1. The molecule has 0 aromatic rings. The van der Waals surface area contributed by atoms with E-state index in [2.05, 4.69) is 31.3 Å². The summed E-state index contributed by atoms with van der Waals surface area (Å²) in [5.74, 6) is -0.151. The first-order valence-electron chi connectivity index (χ1n) is 24.1. The lowest BCUT2D eigenvalue weighted by atomic mass is 10.0. The highest BCUT2D eigenvalue weighted by Crippen LogP contribution is 2.43. The number of quaternary nitrogens is 1. The summed E-state index contributed by atoms with van der Waals surface area (Å²) < 4.78 is 23.6. The lowest BCUT2D eigenvalue weighted by molar-refractivity contribution is -0.870. The van der Waals surface area contributed by atoms with Gasteiger partial charge >= 0.3 is 7.82 Å². The molecule has 8 nitrogen and oxygen atoms in total.